The van der Waals surface area contributed by atoms with Crippen molar-refractivity contribution in [3.8, 4) is 11.5 Å². The van der Waals surface area contributed by atoms with E-state index in [4.69, 9.17) is 32.7 Å². The molecule has 0 unspecified atom stereocenters. The summed E-state index contributed by atoms with van der Waals surface area (Å²) in [5.74, 6) is 1.10. The summed E-state index contributed by atoms with van der Waals surface area (Å²) >= 11 is 40.4. The van der Waals surface area contributed by atoms with Crippen LogP contribution in [0.25, 0.3) is 0 Å². The number of ether oxygens (including phenoxy) is 2. The first-order valence-electron chi connectivity index (χ1n) is 6.88. The monoisotopic (exact) mass is 919 g/mol. The first kappa shape index (κ1) is 25.7. The lowest BCUT2D eigenvalue weighted by Crippen LogP contribution is -2.07. The smallest absolute Gasteiger partial charge is 0.154 e. The number of hydrogen-bond acceptors (Lipinski definition) is 2. The summed E-state index contributed by atoms with van der Waals surface area (Å²) in [6.07, 6.45) is 0.627. The molecule has 0 aromatic heterocycles. The summed E-state index contributed by atoms with van der Waals surface area (Å²) in [5, 5.41) is 0.953. The molecule has 2 rings (SSSR count). The fraction of sp³-hybridized carbons (Fsp3) is 0.200. The van der Waals surface area contributed by atoms with E-state index in [1.807, 2.05) is 0 Å². The summed E-state index contributed by atoms with van der Waals surface area (Å²) in [5.41, 5.74) is 0. The van der Waals surface area contributed by atoms with Gasteiger partial charge in [-0.05, 0) is 127 Å². The Morgan fingerprint density at radius 1 is 0.481 bits per heavy atom. The standard InChI is InChI=1S/C15H6Br8Cl2O2/c16-4-6(18)10(22)14(12(24)8(4)20)26-2-1-3-27-15-11(23)7(19)5(17)9(21)13(15)25/h1-3H2. The van der Waals surface area contributed by atoms with Crippen molar-refractivity contribution in [3.63, 3.8) is 0 Å². The molecule has 0 amide bonds. The molecule has 0 radical (unpaired) electrons. The maximum Gasteiger partial charge on any atom is 0.154 e. The second-order valence-electron chi connectivity index (χ2n) is 4.85. The zero-order valence-electron chi connectivity index (χ0n) is 12.7. The molecule has 2 aromatic carbocycles. The van der Waals surface area contributed by atoms with Gasteiger partial charge in [0, 0.05) is 15.4 Å². The van der Waals surface area contributed by atoms with Crippen LogP contribution in [0.5, 0.6) is 11.5 Å². The highest BCUT2D eigenvalue weighted by Crippen LogP contribution is 2.49. The molecule has 0 saturated carbocycles. The lowest BCUT2D eigenvalue weighted by atomic mass is 10.3. The zero-order chi connectivity index (χ0) is 20.5. The van der Waals surface area contributed by atoms with Crippen LogP contribution in [0, 0.1) is 0 Å². The summed E-state index contributed by atoms with van der Waals surface area (Å²) < 4.78 is 17.8. The van der Waals surface area contributed by atoms with Crippen molar-refractivity contribution in [2.75, 3.05) is 13.2 Å². The highest BCUT2D eigenvalue weighted by atomic mass is 79.9. The fourth-order valence-corrected chi connectivity index (χ4v) is 7.17. The number of halogens is 10. The van der Waals surface area contributed by atoms with Crippen LogP contribution >= 0.6 is 151 Å². The van der Waals surface area contributed by atoms with E-state index in [-0.39, 0.29) is 0 Å². The third kappa shape index (κ3) is 5.83. The number of benzene rings is 2. The van der Waals surface area contributed by atoms with Gasteiger partial charge in [-0.25, -0.2) is 0 Å². The Morgan fingerprint density at radius 2 is 0.778 bits per heavy atom. The maximum atomic E-state index is 6.35. The predicted molar refractivity (Wildman–Crippen MR) is 140 cm³/mol. The molecule has 0 aliphatic rings. The van der Waals surface area contributed by atoms with Crippen molar-refractivity contribution < 1.29 is 9.47 Å². The largest absolute Gasteiger partial charge is 0.491 e. The van der Waals surface area contributed by atoms with E-state index in [0.717, 1.165) is 26.8 Å². The minimum atomic E-state index is 0.410. The molecule has 148 valence electrons. The van der Waals surface area contributed by atoms with Gasteiger partial charge in [-0.2, -0.15) is 0 Å². The second kappa shape index (κ2) is 11.4. The van der Waals surface area contributed by atoms with Crippen LogP contribution in [0.4, 0.5) is 0 Å². The van der Waals surface area contributed by atoms with Gasteiger partial charge >= 0.3 is 0 Å². The van der Waals surface area contributed by atoms with Gasteiger partial charge in [0.15, 0.2) is 11.5 Å². The molecule has 0 fully saturated rings. The summed E-state index contributed by atoms with van der Waals surface area (Å²) in [6, 6.07) is 0. The van der Waals surface area contributed by atoms with Gasteiger partial charge in [0.1, 0.15) is 0 Å². The van der Waals surface area contributed by atoms with E-state index in [1.54, 1.807) is 0 Å². The average molecular weight is 928 g/mol. The Kier molecular flexibility index (Phi) is 10.8. The average Bonchev–Trinajstić information content (AvgIpc) is 2.66. The Balaban J connectivity index is 2.02. The Labute approximate surface area is 233 Å². The van der Waals surface area contributed by atoms with E-state index >= 15 is 0 Å². The van der Waals surface area contributed by atoms with Crippen LogP contribution in [0.15, 0.2) is 35.8 Å². The SMILES string of the molecule is Clc1c(Br)c(Br)c(Br)c(Br)c1OCCCOc1c(Cl)c(Br)c(Br)c(Br)c1Br. The first-order chi connectivity index (χ1) is 12.6. The van der Waals surface area contributed by atoms with E-state index < -0.39 is 0 Å². The van der Waals surface area contributed by atoms with Crippen molar-refractivity contribution in [1.82, 2.24) is 0 Å². The van der Waals surface area contributed by atoms with Crippen LogP contribution in [0.2, 0.25) is 10.0 Å². The summed E-state index contributed by atoms with van der Waals surface area (Å²) in [7, 11) is 0. The van der Waals surface area contributed by atoms with Gasteiger partial charge in [-0.3, -0.25) is 0 Å². The van der Waals surface area contributed by atoms with Gasteiger partial charge in [-0.1, -0.05) is 23.2 Å². The zero-order valence-corrected chi connectivity index (χ0v) is 26.9. The Bertz CT molecular complexity index is 762. The topological polar surface area (TPSA) is 18.5 Å². The van der Waals surface area contributed by atoms with Crippen LogP contribution < -0.4 is 9.47 Å². The molecule has 0 spiro atoms. The molecule has 0 aliphatic carbocycles. The van der Waals surface area contributed by atoms with Crippen molar-refractivity contribution in [2.45, 2.75) is 6.42 Å². The van der Waals surface area contributed by atoms with Crippen molar-refractivity contribution in [3.05, 3.63) is 45.8 Å². The minimum absolute atomic E-state index is 0.410. The van der Waals surface area contributed by atoms with Crippen LogP contribution in [-0.4, -0.2) is 13.2 Å². The summed E-state index contributed by atoms with van der Waals surface area (Å²) in [4.78, 5) is 0. The quantitative estimate of drug-likeness (QED) is 0.163. The normalized spacial score (nSPS) is 11.0. The van der Waals surface area contributed by atoms with Crippen LogP contribution in [0.3, 0.4) is 0 Å². The molecule has 27 heavy (non-hydrogen) atoms. The van der Waals surface area contributed by atoms with Crippen LogP contribution in [0.1, 0.15) is 6.42 Å². The number of hydrogen-bond donors (Lipinski definition) is 0. The Hall–Kier alpha value is 2.46. The lowest BCUT2D eigenvalue weighted by Gasteiger charge is -2.16. The van der Waals surface area contributed by atoms with Crippen molar-refractivity contribution in [1.29, 1.82) is 0 Å². The molecule has 0 aliphatic heterocycles. The lowest BCUT2D eigenvalue weighted by molar-refractivity contribution is 0.245. The molecule has 0 N–H and O–H groups in total. The molecule has 0 saturated heterocycles. The van der Waals surface area contributed by atoms with Crippen LogP contribution in [-0.2, 0) is 0 Å². The van der Waals surface area contributed by atoms with E-state index in [9.17, 15) is 0 Å². The van der Waals surface area contributed by atoms with E-state index in [1.165, 1.54) is 0 Å². The maximum absolute atomic E-state index is 6.35. The van der Waals surface area contributed by atoms with Gasteiger partial charge in [0.25, 0.3) is 0 Å². The van der Waals surface area contributed by atoms with Gasteiger partial charge in [-0.15, -0.1) is 0 Å². The molecule has 0 atom stereocenters. The fourth-order valence-electron chi connectivity index (χ4n) is 1.83. The molecule has 2 nitrogen and oxygen atoms in total. The number of rotatable bonds is 6. The molecular formula is C15H6Br8Cl2O2. The third-order valence-corrected chi connectivity index (χ3v) is 13.8. The van der Waals surface area contributed by atoms with Gasteiger partial charge in [0.2, 0.25) is 0 Å². The van der Waals surface area contributed by atoms with Gasteiger partial charge in [0.05, 0.1) is 50.1 Å². The highest BCUT2D eigenvalue weighted by molar-refractivity contribution is 9.15. The molecule has 2 aromatic rings. The minimum Gasteiger partial charge on any atom is -0.491 e. The van der Waals surface area contributed by atoms with E-state index in [0.29, 0.717) is 50.1 Å². The highest BCUT2D eigenvalue weighted by Gasteiger charge is 2.20. The third-order valence-electron chi connectivity index (χ3n) is 3.12. The van der Waals surface area contributed by atoms with Crippen molar-refractivity contribution >= 4 is 151 Å². The predicted octanol–water partition coefficient (Wildman–Crippen LogP) is 10.9. The van der Waals surface area contributed by atoms with E-state index in [2.05, 4.69) is 127 Å². The molecule has 0 heterocycles. The summed E-state index contributed by atoms with van der Waals surface area (Å²) in [6.45, 7) is 0.819. The second-order valence-corrected chi connectivity index (χ2v) is 11.9. The molecule has 12 heteroatoms. The first-order valence-corrected chi connectivity index (χ1v) is 14.0. The Morgan fingerprint density at radius 3 is 1.11 bits per heavy atom. The van der Waals surface area contributed by atoms with Gasteiger partial charge < -0.3 is 9.47 Å². The van der Waals surface area contributed by atoms with Crippen molar-refractivity contribution in [2.24, 2.45) is 0 Å². The molecular weight excluding hydrogens is 922 g/mol. The molecule has 0 bridgehead atoms.